The van der Waals surface area contributed by atoms with E-state index in [9.17, 15) is 0 Å². The Bertz CT molecular complexity index is 3590. The zero-order valence-electron chi connectivity index (χ0n) is 37.6. The van der Waals surface area contributed by atoms with Gasteiger partial charge in [0, 0.05) is 38.9 Å². The molecule has 0 heterocycles. The predicted octanol–water partition coefficient (Wildman–Crippen LogP) is 18.2. The smallest absolute Gasteiger partial charge is 0.0540 e. The maximum Gasteiger partial charge on any atom is 0.0540 e. The standard InChI is InChI=1S/C65H48N2/c1-65(2)61-30-12-11-26-58(61)59-42-41-54(44-62(59)65)67(63-31-14-22-48-21-9-10-25-56(48)63)52-39-35-49(36-40-52)55-27-15-29-60-57(55)28-16-32-64(60)66(51-37-33-47(34-38-51)45-17-5-3-6-18-45)53-24-13-23-50(43-53)46-19-7-4-8-20-46/h3-44H,1-2H3. The van der Waals surface area contributed by atoms with E-state index >= 15 is 0 Å². The number of nitrogens with zero attached hydrogens (tertiary/aromatic N) is 2. The van der Waals surface area contributed by atoms with E-state index in [1.165, 1.54) is 77.2 Å². The number of fused-ring (bicyclic) bond motifs is 5. The Morgan fingerprint density at radius 1 is 0.269 bits per heavy atom. The minimum absolute atomic E-state index is 0.116. The lowest BCUT2D eigenvalue weighted by Gasteiger charge is -2.29. The summed E-state index contributed by atoms with van der Waals surface area (Å²) in [7, 11) is 0. The van der Waals surface area contributed by atoms with Crippen LogP contribution in [0.5, 0.6) is 0 Å². The lowest BCUT2D eigenvalue weighted by molar-refractivity contribution is 0.660. The molecule has 0 unspecified atom stereocenters. The SMILES string of the molecule is CC1(C)c2ccccc2-c2ccc(N(c3ccc(-c4cccc5c(N(c6ccc(-c7ccccc7)cc6)c6cccc(-c7ccccc7)c6)cccc45)cc3)c3cccc4ccccc34)cc21. The zero-order valence-corrected chi connectivity index (χ0v) is 37.6. The monoisotopic (exact) mass is 856 g/mol. The molecule has 0 amide bonds. The Hall–Kier alpha value is -8.46. The van der Waals surface area contributed by atoms with E-state index in [2.05, 4.69) is 278 Å². The second kappa shape index (κ2) is 16.5. The van der Waals surface area contributed by atoms with Crippen molar-refractivity contribution >= 4 is 55.7 Å². The summed E-state index contributed by atoms with van der Waals surface area (Å²) in [6.07, 6.45) is 0. The molecule has 0 saturated carbocycles. The van der Waals surface area contributed by atoms with Crippen LogP contribution in [0.1, 0.15) is 25.0 Å². The van der Waals surface area contributed by atoms with Crippen LogP contribution in [-0.4, -0.2) is 0 Å². The molecular weight excluding hydrogens is 809 g/mol. The van der Waals surface area contributed by atoms with Gasteiger partial charge in [0.1, 0.15) is 0 Å². The maximum absolute atomic E-state index is 2.44. The Morgan fingerprint density at radius 2 is 0.731 bits per heavy atom. The highest BCUT2D eigenvalue weighted by molar-refractivity contribution is 6.06. The van der Waals surface area contributed by atoms with Crippen molar-refractivity contribution in [2.45, 2.75) is 19.3 Å². The first kappa shape index (κ1) is 40.1. The van der Waals surface area contributed by atoms with Gasteiger partial charge in [-0.15, -0.1) is 0 Å². The minimum atomic E-state index is -0.116. The molecule has 0 aromatic heterocycles. The van der Waals surface area contributed by atoms with Gasteiger partial charge in [0.2, 0.25) is 0 Å². The van der Waals surface area contributed by atoms with Gasteiger partial charge in [-0.05, 0) is 127 Å². The van der Waals surface area contributed by atoms with Gasteiger partial charge in [0.15, 0.2) is 0 Å². The van der Waals surface area contributed by atoms with E-state index in [0.717, 1.165) is 34.1 Å². The molecule has 1 aliphatic carbocycles. The molecule has 0 saturated heterocycles. The highest BCUT2D eigenvalue weighted by Crippen LogP contribution is 2.51. The average molecular weight is 857 g/mol. The van der Waals surface area contributed by atoms with Crippen molar-refractivity contribution in [1.29, 1.82) is 0 Å². The molecule has 0 spiro atoms. The summed E-state index contributed by atoms with van der Waals surface area (Å²) >= 11 is 0. The molecule has 1 aliphatic rings. The van der Waals surface area contributed by atoms with E-state index in [1.807, 2.05) is 0 Å². The fourth-order valence-electron chi connectivity index (χ4n) is 10.5. The Morgan fingerprint density at radius 3 is 1.48 bits per heavy atom. The molecule has 2 nitrogen and oxygen atoms in total. The third-order valence-corrected chi connectivity index (χ3v) is 13.9. The molecule has 67 heavy (non-hydrogen) atoms. The van der Waals surface area contributed by atoms with Crippen LogP contribution in [-0.2, 0) is 5.41 Å². The second-order valence-electron chi connectivity index (χ2n) is 18.1. The van der Waals surface area contributed by atoms with Crippen molar-refractivity contribution in [3.05, 3.63) is 266 Å². The Kier molecular flexibility index (Phi) is 9.88. The van der Waals surface area contributed by atoms with Crippen LogP contribution in [0.3, 0.4) is 0 Å². The second-order valence-corrected chi connectivity index (χ2v) is 18.1. The summed E-state index contributed by atoms with van der Waals surface area (Å²) in [5.41, 5.74) is 19.1. The first-order chi connectivity index (χ1) is 33.0. The summed E-state index contributed by atoms with van der Waals surface area (Å²) in [6.45, 7) is 4.72. The highest BCUT2D eigenvalue weighted by atomic mass is 15.1. The van der Waals surface area contributed by atoms with Gasteiger partial charge in [-0.1, -0.05) is 208 Å². The van der Waals surface area contributed by atoms with Crippen LogP contribution < -0.4 is 9.80 Å². The summed E-state index contributed by atoms with van der Waals surface area (Å²) in [6, 6.07) is 93.1. The molecule has 0 aliphatic heterocycles. The number of hydrogen-bond acceptors (Lipinski definition) is 2. The van der Waals surface area contributed by atoms with Crippen molar-refractivity contribution < 1.29 is 0 Å². The van der Waals surface area contributed by atoms with Crippen molar-refractivity contribution in [3.63, 3.8) is 0 Å². The zero-order chi connectivity index (χ0) is 44.9. The number of benzene rings is 11. The van der Waals surface area contributed by atoms with Gasteiger partial charge in [0.25, 0.3) is 0 Å². The summed E-state index contributed by atoms with van der Waals surface area (Å²) in [5.74, 6) is 0. The lowest BCUT2D eigenvalue weighted by atomic mass is 9.82. The van der Waals surface area contributed by atoms with Gasteiger partial charge in [-0.25, -0.2) is 0 Å². The van der Waals surface area contributed by atoms with Crippen LogP contribution in [0.4, 0.5) is 34.1 Å². The molecule has 11 aromatic carbocycles. The molecule has 0 fully saturated rings. The highest BCUT2D eigenvalue weighted by Gasteiger charge is 2.36. The van der Waals surface area contributed by atoms with Crippen LogP contribution in [0.2, 0.25) is 0 Å². The van der Waals surface area contributed by atoms with E-state index < -0.39 is 0 Å². The molecule has 0 bridgehead atoms. The van der Waals surface area contributed by atoms with Crippen LogP contribution in [0, 0.1) is 0 Å². The van der Waals surface area contributed by atoms with Crippen molar-refractivity contribution in [1.82, 2.24) is 0 Å². The quantitative estimate of drug-likeness (QED) is 0.143. The largest absolute Gasteiger partial charge is 0.310 e. The van der Waals surface area contributed by atoms with Gasteiger partial charge in [-0.3, -0.25) is 0 Å². The predicted molar refractivity (Wildman–Crippen MR) is 285 cm³/mol. The molecule has 0 N–H and O–H groups in total. The third kappa shape index (κ3) is 7.06. The molecule has 11 aromatic rings. The van der Waals surface area contributed by atoms with Crippen molar-refractivity contribution in [2.75, 3.05) is 9.80 Å². The molecule has 12 rings (SSSR count). The topological polar surface area (TPSA) is 6.48 Å². The molecule has 0 atom stereocenters. The van der Waals surface area contributed by atoms with Gasteiger partial charge >= 0.3 is 0 Å². The Labute approximate surface area is 393 Å². The first-order valence-corrected chi connectivity index (χ1v) is 23.3. The minimum Gasteiger partial charge on any atom is -0.310 e. The van der Waals surface area contributed by atoms with Gasteiger partial charge in [-0.2, -0.15) is 0 Å². The third-order valence-electron chi connectivity index (χ3n) is 13.9. The van der Waals surface area contributed by atoms with Crippen LogP contribution in [0.15, 0.2) is 255 Å². The average Bonchev–Trinajstić information content (AvgIpc) is 3.62. The van der Waals surface area contributed by atoms with E-state index in [1.54, 1.807) is 0 Å². The van der Waals surface area contributed by atoms with Gasteiger partial charge in [0.05, 0.1) is 11.4 Å². The van der Waals surface area contributed by atoms with Crippen molar-refractivity contribution in [3.8, 4) is 44.5 Å². The number of hydrogen-bond donors (Lipinski definition) is 0. The first-order valence-electron chi connectivity index (χ1n) is 23.3. The summed E-state index contributed by atoms with van der Waals surface area (Å²) in [5, 5.41) is 4.81. The molecule has 318 valence electrons. The molecule has 2 heteroatoms. The number of anilines is 6. The van der Waals surface area contributed by atoms with Crippen molar-refractivity contribution in [2.24, 2.45) is 0 Å². The fourth-order valence-corrected chi connectivity index (χ4v) is 10.5. The van der Waals surface area contributed by atoms with Gasteiger partial charge < -0.3 is 9.80 Å². The molecular formula is C65H48N2. The normalized spacial score (nSPS) is 12.4. The van der Waals surface area contributed by atoms with Crippen LogP contribution >= 0.6 is 0 Å². The lowest BCUT2D eigenvalue weighted by Crippen LogP contribution is -2.16. The van der Waals surface area contributed by atoms with E-state index in [-0.39, 0.29) is 5.41 Å². The van der Waals surface area contributed by atoms with E-state index in [4.69, 9.17) is 0 Å². The fraction of sp³-hybridized carbons (Fsp3) is 0.0462. The molecule has 0 radical (unpaired) electrons. The Balaban J connectivity index is 0.969. The van der Waals surface area contributed by atoms with E-state index in [0.29, 0.717) is 0 Å². The summed E-state index contributed by atoms with van der Waals surface area (Å²) < 4.78 is 0. The number of rotatable bonds is 9. The maximum atomic E-state index is 2.44. The summed E-state index contributed by atoms with van der Waals surface area (Å²) in [4.78, 5) is 4.85. The van der Waals surface area contributed by atoms with Crippen LogP contribution in [0.25, 0.3) is 66.1 Å².